The maximum Gasteiger partial charge on any atom is 0.259 e. The highest BCUT2D eigenvalue weighted by Crippen LogP contribution is 2.28. The van der Waals surface area contributed by atoms with Crippen molar-refractivity contribution in [1.29, 1.82) is 0 Å². The molecule has 4 aromatic rings. The van der Waals surface area contributed by atoms with E-state index in [4.69, 9.17) is 0 Å². The fourth-order valence-corrected chi connectivity index (χ4v) is 3.67. The molecule has 31 heavy (non-hydrogen) atoms. The van der Waals surface area contributed by atoms with Crippen LogP contribution in [0.5, 0.6) is 0 Å². The number of anilines is 3. The molecule has 0 aliphatic rings. The van der Waals surface area contributed by atoms with E-state index in [0.717, 1.165) is 15.7 Å². The Kier molecular flexibility index (Phi) is 5.68. The number of nitrogens with zero attached hydrogens (tertiary/aromatic N) is 3. The molecule has 156 valence electrons. The average molecular weight is 479 g/mol. The molecule has 3 aromatic heterocycles. The fraction of sp³-hybridized carbons (Fsp3) is 0.0909. The van der Waals surface area contributed by atoms with E-state index in [9.17, 15) is 9.59 Å². The third-order valence-corrected chi connectivity index (χ3v) is 5.40. The standard InChI is InChI=1S/C22H19BrN6O2/c1-13-6-3-4-8-17(13)27-20-18(10-14(11-25-20)21(30)24-2)28-22(31)15-12-26-29-9-5-7-16(23)19(15)29/h3-12H,1-2H3,(H,24,30)(H,25,27)(H,28,31). The van der Waals surface area contributed by atoms with Gasteiger partial charge in [-0.1, -0.05) is 18.2 Å². The van der Waals surface area contributed by atoms with Crippen LogP contribution in [0.3, 0.4) is 0 Å². The maximum absolute atomic E-state index is 13.1. The van der Waals surface area contributed by atoms with Crippen molar-refractivity contribution in [3.63, 3.8) is 0 Å². The van der Waals surface area contributed by atoms with Crippen molar-refractivity contribution in [2.45, 2.75) is 6.92 Å². The lowest BCUT2D eigenvalue weighted by molar-refractivity contribution is 0.0961. The lowest BCUT2D eigenvalue weighted by Gasteiger charge is -2.15. The van der Waals surface area contributed by atoms with Crippen molar-refractivity contribution < 1.29 is 9.59 Å². The van der Waals surface area contributed by atoms with Crippen LogP contribution < -0.4 is 16.0 Å². The van der Waals surface area contributed by atoms with Gasteiger partial charge in [-0.25, -0.2) is 9.50 Å². The van der Waals surface area contributed by atoms with Crippen LogP contribution in [0.4, 0.5) is 17.2 Å². The first kappa shape index (κ1) is 20.5. The second-order valence-corrected chi connectivity index (χ2v) is 7.66. The second-order valence-electron chi connectivity index (χ2n) is 6.80. The summed E-state index contributed by atoms with van der Waals surface area (Å²) in [5.74, 6) is -0.249. The zero-order valence-corrected chi connectivity index (χ0v) is 18.4. The molecule has 0 spiro atoms. The number of hydrogen-bond acceptors (Lipinski definition) is 5. The minimum atomic E-state index is -0.370. The summed E-state index contributed by atoms with van der Waals surface area (Å²) in [6.07, 6.45) is 4.72. The molecule has 0 aliphatic carbocycles. The topological polar surface area (TPSA) is 100 Å². The smallest absolute Gasteiger partial charge is 0.259 e. The number of para-hydroxylation sites is 1. The van der Waals surface area contributed by atoms with E-state index >= 15 is 0 Å². The number of benzene rings is 1. The lowest BCUT2D eigenvalue weighted by atomic mass is 10.2. The number of aromatic nitrogens is 3. The first-order valence-corrected chi connectivity index (χ1v) is 10.2. The SMILES string of the molecule is CNC(=O)c1cnc(Nc2ccccc2C)c(NC(=O)c2cnn3cccc(Br)c23)c1. The number of carbonyl (C=O) groups is 2. The van der Waals surface area contributed by atoms with Crippen LogP contribution in [0.1, 0.15) is 26.3 Å². The zero-order valence-electron chi connectivity index (χ0n) is 16.8. The second kappa shape index (κ2) is 8.57. The van der Waals surface area contributed by atoms with Gasteiger partial charge in [0.05, 0.1) is 28.5 Å². The zero-order chi connectivity index (χ0) is 22.0. The number of fused-ring (bicyclic) bond motifs is 1. The van der Waals surface area contributed by atoms with E-state index in [1.165, 1.54) is 19.4 Å². The normalized spacial score (nSPS) is 10.7. The van der Waals surface area contributed by atoms with E-state index < -0.39 is 0 Å². The molecule has 9 heteroatoms. The van der Waals surface area contributed by atoms with E-state index in [1.807, 2.05) is 43.3 Å². The van der Waals surface area contributed by atoms with Gasteiger partial charge in [0.2, 0.25) is 0 Å². The van der Waals surface area contributed by atoms with Gasteiger partial charge in [-0.3, -0.25) is 9.59 Å². The predicted molar refractivity (Wildman–Crippen MR) is 123 cm³/mol. The van der Waals surface area contributed by atoms with Gasteiger partial charge in [-0.15, -0.1) is 0 Å². The predicted octanol–water partition coefficient (Wildman–Crippen LogP) is 4.16. The monoisotopic (exact) mass is 478 g/mol. The van der Waals surface area contributed by atoms with Crippen LogP contribution in [-0.2, 0) is 0 Å². The molecule has 0 unspecified atom stereocenters. The molecular formula is C22H19BrN6O2. The number of hydrogen-bond donors (Lipinski definition) is 3. The van der Waals surface area contributed by atoms with Crippen molar-refractivity contribution >= 4 is 50.5 Å². The van der Waals surface area contributed by atoms with Gasteiger partial charge >= 0.3 is 0 Å². The van der Waals surface area contributed by atoms with Gasteiger partial charge < -0.3 is 16.0 Å². The molecule has 4 rings (SSSR count). The van der Waals surface area contributed by atoms with Gasteiger partial charge in [0.1, 0.15) is 0 Å². The Morgan fingerprint density at radius 1 is 1.03 bits per heavy atom. The van der Waals surface area contributed by atoms with Crippen LogP contribution in [0.15, 0.2) is 65.5 Å². The van der Waals surface area contributed by atoms with Crippen molar-refractivity contribution in [3.05, 3.63) is 82.2 Å². The largest absolute Gasteiger partial charge is 0.355 e. The molecule has 0 bridgehead atoms. The van der Waals surface area contributed by atoms with E-state index in [2.05, 4.69) is 42.0 Å². The van der Waals surface area contributed by atoms with Crippen LogP contribution in [0, 0.1) is 6.92 Å². The Hall–Kier alpha value is -3.72. The van der Waals surface area contributed by atoms with Gasteiger partial charge in [0.15, 0.2) is 5.82 Å². The lowest BCUT2D eigenvalue weighted by Crippen LogP contribution is -2.19. The highest BCUT2D eigenvalue weighted by atomic mass is 79.9. The minimum Gasteiger partial charge on any atom is -0.355 e. The summed E-state index contributed by atoms with van der Waals surface area (Å²) in [6.45, 7) is 1.97. The van der Waals surface area contributed by atoms with Gasteiger partial charge in [0.25, 0.3) is 11.8 Å². The average Bonchev–Trinajstić information content (AvgIpc) is 3.21. The summed E-state index contributed by atoms with van der Waals surface area (Å²) >= 11 is 3.47. The number of nitrogens with one attached hydrogen (secondary N) is 3. The molecule has 2 amide bonds. The number of rotatable bonds is 5. The van der Waals surface area contributed by atoms with Crippen molar-refractivity contribution in [1.82, 2.24) is 19.9 Å². The molecule has 3 heterocycles. The highest BCUT2D eigenvalue weighted by Gasteiger charge is 2.18. The fourth-order valence-electron chi connectivity index (χ4n) is 3.13. The van der Waals surface area contributed by atoms with Crippen molar-refractivity contribution in [2.24, 2.45) is 0 Å². The Morgan fingerprint density at radius 2 is 1.84 bits per heavy atom. The number of carbonyl (C=O) groups excluding carboxylic acids is 2. The Morgan fingerprint density at radius 3 is 2.61 bits per heavy atom. The molecule has 8 nitrogen and oxygen atoms in total. The molecule has 0 saturated heterocycles. The maximum atomic E-state index is 13.1. The minimum absolute atomic E-state index is 0.302. The van der Waals surface area contributed by atoms with Crippen LogP contribution >= 0.6 is 15.9 Å². The molecular weight excluding hydrogens is 460 g/mol. The van der Waals surface area contributed by atoms with Crippen LogP contribution in [-0.4, -0.2) is 33.5 Å². The van der Waals surface area contributed by atoms with E-state index in [-0.39, 0.29) is 11.8 Å². The molecule has 3 N–H and O–H groups in total. The quantitative estimate of drug-likeness (QED) is 0.399. The summed E-state index contributed by atoms with van der Waals surface area (Å²) in [6, 6.07) is 13.0. The molecule has 0 aliphatic heterocycles. The van der Waals surface area contributed by atoms with E-state index in [1.54, 1.807) is 16.8 Å². The van der Waals surface area contributed by atoms with Gasteiger partial charge in [0, 0.05) is 29.6 Å². The van der Waals surface area contributed by atoms with Crippen molar-refractivity contribution in [2.75, 3.05) is 17.7 Å². The molecule has 0 atom stereocenters. The van der Waals surface area contributed by atoms with Gasteiger partial charge in [-0.05, 0) is 52.7 Å². The number of halogens is 1. The first-order valence-electron chi connectivity index (χ1n) is 9.46. The third-order valence-electron chi connectivity index (χ3n) is 4.76. The van der Waals surface area contributed by atoms with Crippen LogP contribution in [0.25, 0.3) is 5.52 Å². The Labute approximate surface area is 186 Å². The Bertz CT molecular complexity index is 1300. The van der Waals surface area contributed by atoms with Crippen LogP contribution in [0.2, 0.25) is 0 Å². The van der Waals surface area contributed by atoms with E-state index in [0.29, 0.717) is 28.1 Å². The van der Waals surface area contributed by atoms with Gasteiger partial charge in [-0.2, -0.15) is 5.10 Å². The summed E-state index contributed by atoms with van der Waals surface area (Å²) in [5, 5.41) is 12.9. The summed E-state index contributed by atoms with van der Waals surface area (Å²) < 4.78 is 2.36. The third kappa shape index (κ3) is 4.13. The summed E-state index contributed by atoms with van der Waals surface area (Å²) in [7, 11) is 1.54. The van der Waals surface area contributed by atoms with Crippen molar-refractivity contribution in [3.8, 4) is 0 Å². The number of pyridine rings is 2. The molecule has 0 fully saturated rings. The highest BCUT2D eigenvalue weighted by molar-refractivity contribution is 9.10. The molecule has 0 radical (unpaired) electrons. The number of aryl methyl sites for hydroxylation is 1. The first-order chi connectivity index (χ1) is 15.0. The molecule has 0 saturated carbocycles. The summed E-state index contributed by atoms with van der Waals surface area (Å²) in [5.41, 5.74) is 3.60. The number of amides is 2. The Balaban J connectivity index is 1.73. The summed E-state index contributed by atoms with van der Waals surface area (Å²) in [4.78, 5) is 29.6. The molecule has 1 aromatic carbocycles.